The summed E-state index contributed by atoms with van der Waals surface area (Å²) in [5.41, 5.74) is 2.53. The lowest BCUT2D eigenvalue weighted by atomic mass is 10.0. The number of fused-ring (bicyclic) bond motifs is 1. The zero-order valence-corrected chi connectivity index (χ0v) is 15.3. The molecule has 0 spiro atoms. The zero-order chi connectivity index (χ0) is 17.4. The highest BCUT2D eigenvalue weighted by Crippen LogP contribution is 2.36. The van der Waals surface area contributed by atoms with E-state index in [0.29, 0.717) is 40.5 Å². The highest BCUT2D eigenvalue weighted by atomic mass is 35.5. The summed E-state index contributed by atoms with van der Waals surface area (Å²) in [5, 5.41) is 24.8. The molecule has 2 heterocycles. The molecule has 26 heavy (non-hydrogen) atoms. The predicted molar refractivity (Wildman–Crippen MR) is 101 cm³/mol. The van der Waals surface area contributed by atoms with E-state index in [1.54, 1.807) is 12.1 Å². The van der Waals surface area contributed by atoms with E-state index in [2.05, 4.69) is 26.9 Å². The maximum atomic E-state index is 13.5. The highest BCUT2D eigenvalue weighted by molar-refractivity contribution is 5.85. The summed E-state index contributed by atoms with van der Waals surface area (Å²) < 4.78 is 13.5. The number of benzene rings is 1. The first kappa shape index (κ1) is 18.6. The molecule has 1 saturated carbocycles. The number of aryl methyl sites for hydroxylation is 1. The van der Waals surface area contributed by atoms with Crippen LogP contribution in [0.1, 0.15) is 24.0 Å². The van der Waals surface area contributed by atoms with E-state index in [1.807, 2.05) is 6.92 Å². The molecule has 4 rings (SSSR count). The number of rotatable bonds is 3. The molecule has 1 saturated heterocycles. The van der Waals surface area contributed by atoms with Gasteiger partial charge in [-0.2, -0.15) is 5.26 Å². The maximum absolute atomic E-state index is 13.5. The molecule has 0 radical (unpaired) electrons. The van der Waals surface area contributed by atoms with Crippen LogP contribution in [0.2, 0.25) is 0 Å². The number of nitriles is 1. The number of halogens is 2. The van der Waals surface area contributed by atoms with Gasteiger partial charge in [0.05, 0.1) is 11.3 Å². The Hall–Kier alpha value is -2.23. The first-order valence-corrected chi connectivity index (χ1v) is 8.65. The van der Waals surface area contributed by atoms with Gasteiger partial charge in [-0.05, 0) is 68.5 Å². The van der Waals surface area contributed by atoms with E-state index in [1.165, 1.54) is 12.1 Å². The highest BCUT2D eigenvalue weighted by Gasteiger charge is 2.37. The minimum absolute atomic E-state index is 0. The molecular weight excluding hydrogens is 353 g/mol. The van der Waals surface area contributed by atoms with Gasteiger partial charge in [0.2, 0.25) is 0 Å². The number of aromatic nitrogens is 2. The summed E-state index contributed by atoms with van der Waals surface area (Å²) >= 11 is 0. The smallest absolute Gasteiger partial charge is 0.166 e. The van der Waals surface area contributed by atoms with E-state index >= 15 is 0 Å². The first-order valence-electron chi connectivity index (χ1n) is 8.65. The monoisotopic (exact) mass is 373 g/mol. The van der Waals surface area contributed by atoms with Crippen LogP contribution in [0.5, 0.6) is 0 Å². The third-order valence-corrected chi connectivity index (χ3v) is 5.39. The average molecular weight is 374 g/mol. The third-order valence-electron chi connectivity index (χ3n) is 5.39. The molecule has 2 aliphatic rings. The number of anilines is 1. The SMILES string of the molecule is Cc1ccc(F)cc1-c1cc(C#N)c(N[C@@H]2C[C@H]3CNC[C@H]3C2)nn1.Cl. The van der Waals surface area contributed by atoms with Crippen LogP contribution in [0.15, 0.2) is 24.3 Å². The molecular formula is C19H21ClFN5. The van der Waals surface area contributed by atoms with Gasteiger partial charge in [0, 0.05) is 11.6 Å². The fourth-order valence-electron chi connectivity index (χ4n) is 4.06. The molecule has 5 nitrogen and oxygen atoms in total. The van der Waals surface area contributed by atoms with Crippen LogP contribution in [0.4, 0.5) is 10.2 Å². The number of nitrogens with zero attached hydrogens (tertiary/aromatic N) is 3. The summed E-state index contributed by atoms with van der Waals surface area (Å²) in [7, 11) is 0. The maximum Gasteiger partial charge on any atom is 0.166 e. The minimum Gasteiger partial charge on any atom is -0.365 e. The summed E-state index contributed by atoms with van der Waals surface area (Å²) in [6, 6.07) is 8.77. The van der Waals surface area contributed by atoms with Crippen molar-refractivity contribution in [3.63, 3.8) is 0 Å². The van der Waals surface area contributed by atoms with Crippen LogP contribution >= 0.6 is 12.4 Å². The van der Waals surface area contributed by atoms with Gasteiger partial charge < -0.3 is 10.6 Å². The largest absolute Gasteiger partial charge is 0.365 e. The minimum atomic E-state index is -0.325. The second kappa shape index (κ2) is 7.56. The van der Waals surface area contributed by atoms with Crippen molar-refractivity contribution in [3.05, 3.63) is 41.2 Å². The molecule has 2 N–H and O–H groups in total. The van der Waals surface area contributed by atoms with Crippen molar-refractivity contribution in [2.45, 2.75) is 25.8 Å². The molecule has 2 fully saturated rings. The Labute approximate surface area is 158 Å². The summed E-state index contributed by atoms with van der Waals surface area (Å²) in [5.74, 6) is 1.63. The molecule has 0 amide bonds. The van der Waals surface area contributed by atoms with Crippen LogP contribution < -0.4 is 10.6 Å². The Kier molecular flexibility index (Phi) is 5.40. The lowest BCUT2D eigenvalue weighted by Crippen LogP contribution is -2.21. The average Bonchev–Trinajstić information content (AvgIpc) is 3.19. The molecule has 2 aromatic rings. The lowest BCUT2D eigenvalue weighted by Gasteiger charge is -2.15. The summed E-state index contributed by atoms with van der Waals surface area (Å²) in [4.78, 5) is 0. The predicted octanol–water partition coefficient (Wildman–Crippen LogP) is 3.29. The van der Waals surface area contributed by atoms with Gasteiger partial charge in [0.1, 0.15) is 11.9 Å². The molecule has 1 aliphatic heterocycles. The standard InChI is InChI=1S/C19H20FN5.ClH/c1-11-2-3-15(20)7-17(11)18-6-12(8-21)19(25-24-18)23-16-4-13-9-22-10-14(13)5-16;/h2-3,6-7,13-14,16,22H,4-5,9-10H2,1H3,(H,23,25);1H/t13-,14+,16+;. The van der Waals surface area contributed by atoms with Crippen LogP contribution in [-0.4, -0.2) is 29.3 Å². The van der Waals surface area contributed by atoms with Gasteiger partial charge in [-0.1, -0.05) is 6.07 Å². The van der Waals surface area contributed by atoms with Crippen LogP contribution in [0, 0.1) is 35.9 Å². The second-order valence-electron chi connectivity index (χ2n) is 7.05. The summed E-state index contributed by atoms with van der Waals surface area (Å²) in [6.07, 6.45) is 2.18. The molecule has 1 aliphatic carbocycles. The van der Waals surface area contributed by atoms with Gasteiger partial charge in [0.15, 0.2) is 5.82 Å². The Morgan fingerprint density at radius 1 is 1.19 bits per heavy atom. The first-order chi connectivity index (χ1) is 12.1. The topological polar surface area (TPSA) is 73.6 Å². The Bertz CT molecular complexity index is 838. The van der Waals surface area contributed by atoms with E-state index in [0.717, 1.165) is 31.5 Å². The molecule has 136 valence electrons. The Morgan fingerprint density at radius 2 is 1.92 bits per heavy atom. The van der Waals surface area contributed by atoms with Crippen LogP contribution in [0.25, 0.3) is 11.3 Å². The van der Waals surface area contributed by atoms with Crippen molar-refractivity contribution < 1.29 is 4.39 Å². The van der Waals surface area contributed by atoms with Crippen molar-refractivity contribution in [1.82, 2.24) is 15.5 Å². The van der Waals surface area contributed by atoms with Crippen molar-refractivity contribution in [1.29, 1.82) is 5.26 Å². The van der Waals surface area contributed by atoms with E-state index in [-0.39, 0.29) is 18.2 Å². The normalized spacial score (nSPS) is 23.8. The third kappa shape index (κ3) is 3.50. The number of hydrogen-bond donors (Lipinski definition) is 2. The molecule has 3 atom stereocenters. The second-order valence-corrected chi connectivity index (χ2v) is 7.05. The van der Waals surface area contributed by atoms with Crippen molar-refractivity contribution in [3.8, 4) is 17.3 Å². The zero-order valence-electron chi connectivity index (χ0n) is 14.5. The Morgan fingerprint density at radius 3 is 2.62 bits per heavy atom. The summed E-state index contributed by atoms with van der Waals surface area (Å²) in [6.45, 7) is 4.05. The molecule has 7 heteroatoms. The fourth-order valence-corrected chi connectivity index (χ4v) is 4.06. The molecule has 1 aromatic heterocycles. The molecule has 0 unspecified atom stereocenters. The van der Waals surface area contributed by atoms with Gasteiger partial charge in [0.25, 0.3) is 0 Å². The van der Waals surface area contributed by atoms with Gasteiger partial charge in [-0.15, -0.1) is 22.6 Å². The quantitative estimate of drug-likeness (QED) is 0.863. The van der Waals surface area contributed by atoms with Crippen LogP contribution in [0.3, 0.4) is 0 Å². The molecule has 1 aromatic carbocycles. The number of nitrogens with one attached hydrogen (secondary N) is 2. The van der Waals surface area contributed by atoms with Crippen LogP contribution in [-0.2, 0) is 0 Å². The van der Waals surface area contributed by atoms with E-state index in [9.17, 15) is 9.65 Å². The van der Waals surface area contributed by atoms with Crippen molar-refractivity contribution >= 4 is 18.2 Å². The van der Waals surface area contributed by atoms with E-state index in [4.69, 9.17) is 0 Å². The van der Waals surface area contributed by atoms with Gasteiger partial charge >= 0.3 is 0 Å². The molecule has 0 bridgehead atoms. The van der Waals surface area contributed by atoms with Gasteiger partial charge in [-0.3, -0.25) is 0 Å². The fraction of sp³-hybridized carbons (Fsp3) is 0.421. The lowest BCUT2D eigenvalue weighted by molar-refractivity contribution is 0.494. The number of hydrogen-bond acceptors (Lipinski definition) is 5. The van der Waals surface area contributed by atoms with Crippen molar-refractivity contribution in [2.75, 3.05) is 18.4 Å². The van der Waals surface area contributed by atoms with E-state index < -0.39 is 0 Å². The van der Waals surface area contributed by atoms with Crippen molar-refractivity contribution in [2.24, 2.45) is 11.8 Å². The Balaban J connectivity index is 0.00000196. The van der Waals surface area contributed by atoms with Gasteiger partial charge in [-0.25, -0.2) is 4.39 Å².